The molecule has 0 saturated carbocycles. The van der Waals surface area contributed by atoms with Crippen molar-refractivity contribution in [3.8, 4) is 0 Å². The van der Waals surface area contributed by atoms with E-state index < -0.39 is 126 Å². The monoisotopic (exact) mass is 881 g/mol. The van der Waals surface area contributed by atoms with Crippen LogP contribution in [0, 0.1) is 23.7 Å². The van der Waals surface area contributed by atoms with E-state index in [9.17, 15) is 44.7 Å². The molecule has 9 N–H and O–H groups in total. The molecule has 0 aromatic carbocycles. The minimum atomic E-state index is -1.99. The smallest absolute Gasteiger partial charge is 0.320 e. The summed E-state index contributed by atoms with van der Waals surface area (Å²) in [5.74, 6) is -7.17. The van der Waals surface area contributed by atoms with Gasteiger partial charge in [0.1, 0.15) is 35.7 Å². The number of aliphatic hydroxyl groups is 5. The van der Waals surface area contributed by atoms with Gasteiger partial charge in [-0.15, -0.1) is 0 Å². The highest BCUT2D eigenvalue weighted by molar-refractivity contribution is 5.83. The van der Waals surface area contributed by atoms with Crippen molar-refractivity contribution in [2.75, 3.05) is 21.2 Å². The molecule has 3 aliphatic heterocycles. The summed E-state index contributed by atoms with van der Waals surface area (Å²) >= 11 is 0. The zero-order valence-corrected chi connectivity index (χ0v) is 38.2. The van der Waals surface area contributed by atoms with Gasteiger partial charge in [-0.3, -0.25) is 19.2 Å². The number of ketones is 1. The number of likely N-dealkylation sites (N-methyl/N-ethyl adjacent to an activating group) is 1. The average Bonchev–Trinajstić information content (AvgIpc) is 3.17. The fourth-order valence-corrected chi connectivity index (χ4v) is 8.81. The Balaban J connectivity index is 0.00000113. The van der Waals surface area contributed by atoms with E-state index in [0.29, 0.717) is 6.42 Å². The number of cyclic esters (lactones) is 1. The number of carbonyl (C=O) groups is 4. The lowest BCUT2D eigenvalue weighted by Crippen LogP contribution is -2.61. The molecular weight excluding hydrogens is 804 g/mol. The third kappa shape index (κ3) is 13.8. The van der Waals surface area contributed by atoms with Crippen molar-refractivity contribution in [1.82, 2.24) is 4.90 Å². The fraction of sp³-hybridized carbons (Fsp3) is 0.905. The number of carboxylic acids is 2. The Morgan fingerprint density at radius 1 is 0.918 bits per heavy atom. The highest BCUT2D eigenvalue weighted by Gasteiger charge is 2.53. The molecule has 61 heavy (non-hydrogen) atoms. The molecule has 356 valence electrons. The second-order valence-corrected chi connectivity index (χ2v) is 18.3. The second-order valence-electron chi connectivity index (χ2n) is 18.3. The molecule has 19 nitrogen and oxygen atoms in total. The third-order valence-electron chi connectivity index (χ3n) is 12.8. The SMILES string of the molecule is CCC1OC(=O)C(C)C(OC2CC(C)(OC)C(O)C(C)O2)C(C)C(OC2OC(C)CC(N(C)C)C2O)C(C)(O)CC(C)C(=O)C(C)C(O)C1(C)O.NC(CCC(=O)O)C(=O)O. The van der Waals surface area contributed by atoms with Crippen molar-refractivity contribution in [2.45, 2.75) is 198 Å². The molecule has 0 radical (unpaired) electrons. The minimum Gasteiger partial charge on any atom is -0.481 e. The van der Waals surface area contributed by atoms with E-state index in [1.54, 1.807) is 41.5 Å². The van der Waals surface area contributed by atoms with Crippen molar-refractivity contribution in [3.63, 3.8) is 0 Å². The Labute approximate surface area is 360 Å². The number of carbonyl (C=O) groups excluding carboxylic acids is 2. The number of esters is 1. The lowest BCUT2D eigenvalue weighted by molar-refractivity contribution is -0.318. The highest BCUT2D eigenvalue weighted by Crippen LogP contribution is 2.40. The van der Waals surface area contributed by atoms with Gasteiger partial charge in [0.05, 0.1) is 47.6 Å². The maximum absolute atomic E-state index is 14.1. The van der Waals surface area contributed by atoms with E-state index in [4.69, 9.17) is 44.4 Å². The molecule has 0 bridgehead atoms. The number of rotatable bonds is 11. The van der Waals surface area contributed by atoms with Gasteiger partial charge >= 0.3 is 17.9 Å². The molecular formula is C42H76N2O17. The standard InChI is InChI=1S/C37H67NO13.C5H9NO4/c1-14-25-37(10,45)30(41)20(4)27(39)18(2)16-35(8,44)32(51-34-28(40)24(38(11)12)15-19(3)47-34)21(5)29(22(6)33(43)49-25)50-26-17-36(9,46-13)31(42)23(7)48-26;6-3(5(9)10)1-2-4(7)8/h18-26,28-32,34,40-42,44-45H,14-17H2,1-13H3;3H,1-2,6H2,(H,7,8)(H,9,10). The van der Waals surface area contributed by atoms with Crippen LogP contribution in [-0.2, 0) is 47.6 Å². The first-order valence-electron chi connectivity index (χ1n) is 21.2. The molecule has 0 aromatic heterocycles. The van der Waals surface area contributed by atoms with E-state index >= 15 is 0 Å². The number of ether oxygens (including phenoxy) is 6. The van der Waals surface area contributed by atoms with Gasteiger partial charge in [-0.25, -0.2) is 0 Å². The van der Waals surface area contributed by atoms with Gasteiger partial charge in [-0.1, -0.05) is 27.7 Å². The molecule has 19 atom stereocenters. The van der Waals surface area contributed by atoms with Crippen molar-refractivity contribution >= 4 is 23.7 Å². The van der Waals surface area contributed by atoms with Crippen LogP contribution in [0.2, 0.25) is 0 Å². The van der Waals surface area contributed by atoms with Gasteiger partial charge in [-0.05, 0) is 81.3 Å². The minimum absolute atomic E-state index is 0.0231. The van der Waals surface area contributed by atoms with E-state index in [1.807, 2.05) is 25.9 Å². The summed E-state index contributed by atoms with van der Waals surface area (Å²) in [4.78, 5) is 49.6. The first-order valence-corrected chi connectivity index (χ1v) is 21.2. The number of aliphatic carboxylic acids is 2. The summed E-state index contributed by atoms with van der Waals surface area (Å²) < 4.78 is 37.1. The van der Waals surface area contributed by atoms with Crippen LogP contribution >= 0.6 is 0 Å². The Morgan fingerprint density at radius 2 is 1.51 bits per heavy atom. The number of nitrogens with two attached hydrogens (primary N) is 1. The predicted octanol–water partition coefficient (Wildman–Crippen LogP) is 1.05. The van der Waals surface area contributed by atoms with Gasteiger partial charge in [0.25, 0.3) is 0 Å². The highest BCUT2D eigenvalue weighted by atomic mass is 16.7. The number of aliphatic hydroxyl groups excluding tert-OH is 3. The average molecular weight is 881 g/mol. The Kier molecular flexibility index (Phi) is 20.2. The number of carboxylic acid groups (broad SMARTS) is 2. The van der Waals surface area contributed by atoms with Crippen LogP contribution in [0.4, 0.5) is 0 Å². The van der Waals surface area contributed by atoms with Crippen LogP contribution in [-0.4, -0.2) is 176 Å². The van der Waals surface area contributed by atoms with Crippen LogP contribution in [0.1, 0.15) is 108 Å². The molecule has 3 saturated heterocycles. The van der Waals surface area contributed by atoms with E-state index in [2.05, 4.69) is 0 Å². The van der Waals surface area contributed by atoms with Gasteiger partial charge in [0.15, 0.2) is 12.6 Å². The molecule has 19 unspecified atom stereocenters. The van der Waals surface area contributed by atoms with Crippen LogP contribution < -0.4 is 5.73 Å². The fourth-order valence-electron chi connectivity index (χ4n) is 8.81. The van der Waals surface area contributed by atoms with Gasteiger partial charge in [0.2, 0.25) is 0 Å². The summed E-state index contributed by atoms with van der Waals surface area (Å²) in [7, 11) is 5.18. The first-order chi connectivity index (χ1) is 28.0. The van der Waals surface area contributed by atoms with Crippen molar-refractivity contribution in [1.29, 1.82) is 0 Å². The molecule has 19 heteroatoms. The Morgan fingerprint density at radius 3 is 2.02 bits per heavy atom. The van der Waals surface area contributed by atoms with Crippen LogP contribution in [0.5, 0.6) is 0 Å². The lowest BCUT2D eigenvalue weighted by atomic mass is 9.74. The van der Waals surface area contributed by atoms with Gasteiger partial charge in [0, 0.05) is 43.7 Å². The van der Waals surface area contributed by atoms with E-state index in [0.717, 1.165) is 0 Å². The number of methoxy groups -OCH3 is 1. The quantitative estimate of drug-likeness (QED) is 0.135. The number of hydrogen-bond acceptors (Lipinski definition) is 17. The maximum atomic E-state index is 14.1. The summed E-state index contributed by atoms with van der Waals surface area (Å²) in [5, 5.41) is 73.9. The zero-order chi connectivity index (χ0) is 47.1. The molecule has 3 fully saturated rings. The Bertz CT molecular complexity index is 1450. The molecule has 0 aliphatic carbocycles. The van der Waals surface area contributed by atoms with Crippen LogP contribution in [0.15, 0.2) is 0 Å². The summed E-state index contributed by atoms with van der Waals surface area (Å²) in [5.41, 5.74) is 0.163. The molecule has 3 heterocycles. The molecule has 0 amide bonds. The number of hydrogen-bond donors (Lipinski definition) is 8. The van der Waals surface area contributed by atoms with Gasteiger partial charge in [-0.2, -0.15) is 0 Å². The van der Waals surface area contributed by atoms with E-state index in [-0.39, 0.29) is 44.2 Å². The lowest BCUT2D eigenvalue weighted by Gasteiger charge is -2.49. The topological polar surface area (TPSA) is 295 Å². The summed E-state index contributed by atoms with van der Waals surface area (Å²) in [6, 6.07) is -1.38. The largest absolute Gasteiger partial charge is 0.481 e. The molecule has 0 aromatic rings. The van der Waals surface area contributed by atoms with Crippen LogP contribution in [0.3, 0.4) is 0 Å². The maximum Gasteiger partial charge on any atom is 0.320 e. The predicted molar refractivity (Wildman–Crippen MR) is 219 cm³/mol. The second kappa shape index (κ2) is 22.5. The molecule has 3 rings (SSSR count). The molecule has 0 spiro atoms. The third-order valence-corrected chi connectivity index (χ3v) is 12.8. The van der Waals surface area contributed by atoms with Crippen molar-refractivity contribution in [3.05, 3.63) is 0 Å². The Hall–Kier alpha value is -2.40. The van der Waals surface area contributed by atoms with Crippen LogP contribution in [0.25, 0.3) is 0 Å². The first kappa shape index (κ1) is 54.7. The molecule has 3 aliphatic rings. The van der Waals surface area contributed by atoms with Crippen molar-refractivity contribution < 1.29 is 83.3 Å². The van der Waals surface area contributed by atoms with E-state index in [1.165, 1.54) is 27.9 Å². The zero-order valence-electron chi connectivity index (χ0n) is 38.2. The summed E-state index contributed by atoms with van der Waals surface area (Å²) in [6.07, 6.45) is -9.93. The summed E-state index contributed by atoms with van der Waals surface area (Å²) in [6.45, 7) is 16.3. The van der Waals surface area contributed by atoms with Crippen molar-refractivity contribution in [2.24, 2.45) is 29.4 Å². The van der Waals surface area contributed by atoms with Gasteiger partial charge < -0.3 is 74.8 Å². The number of nitrogens with zero attached hydrogens (tertiary/aromatic N) is 1. The normalized spacial score (nSPS) is 43.6. The number of Topliss-reactive ketones (excluding diaryl/α,β-unsaturated/α-hetero) is 1.